The molecule has 12 aliphatic rings. The lowest BCUT2D eigenvalue weighted by Gasteiger charge is -2.32. The summed E-state index contributed by atoms with van der Waals surface area (Å²) < 4.78 is 69.3. The van der Waals surface area contributed by atoms with Crippen LogP contribution in [-0.2, 0) is 140 Å². The van der Waals surface area contributed by atoms with Crippen LogP contribution >= 0.6 is 0 Å². The molecule has 3 amide bonds. The molecule has 4 fully saturated rings. The third-order valence-electron chi connectivity index (χ3n) is 25.3. The average Bonchev–Trinajstić information content (AvgIpc) is 1.61. The number of aliphatic hydroxyl groups excluding tert-OH is 1. The fourth-order valence-corrected chi connectivity index (χ4v) is 23.2. The van der Waals surface area contributed by atoms with Crippen LogP contribution in [-0.4, -0.2) is 289 Å². The lowest BCUT2D eigenvalue weighted by atomic mass is 10.1. The van der Waals surface area contributed by atoms with Crippen LogP contribution in [0.1, 0.15) is 151 Å². The summed E-state index contributed by atoms with van der Waals surface area (Å²) in [7, 11) is -0.796. The molecule has 1 aromatic carbocycles. The van der Waals surface area contributed by atoms with Crippen LogP contribution in [0, 0.1) is 12.8 Å². The van der Waals surface area contributed by atoms with E-state index in [4.69, 9.17) is 44.4 Å². The number of nitrogens with one attached hydrogen (secondary N) is 4. The lowest BCUT2D eigenvalue weighted by Crippen LogP contribution is -2.43. The van der Waals surface area contributed by atoms with Gasteiger partial charge in [-0.15, -0.1) is 20.4 Å². The number of hydrogen-bond acceptors (Lipinski definition) is 33. The number of piperidine rings is 3. The SMILES string of the molecule is CC(C)[C@H](CO)Nc1nc(N2CCn3cnnc3C2)nc2c1S(=O)CC2.CCOC(=O)c1cn2c(n1)CN(c1nc3c(c(N[C@H]4CCC(=O)N(C)C4)n1)S(=O)CC3)CC2.Cc1ccc(-c2nnc3n2CCN(c2nc4c(c(N[C@H]5CCC(=O)N(C)C5)n2)S(=O)CC4)C3)cc1.O=C(c1cn2c(n1)CN(c1nc3c(c(NC4CCOCC4)n1)S(=O)CC3)CC2)N1CCCCC1. The van der Waals surface area contributed by atoms with Crippen LogP contribution < -0.4 is 40.9 Å². The maximum atomic E-state index is 12.9. The molecule has 0 radical (unpaired) electrons. The second-order valence-electron chi connectivity index (χ2n) is 34.4. The Morgan fingerprint density at radius 1 is 0.508 bits per heavy atom. The van der Waals surface area contributed by atoms with Crippen molar-refractivity contribution in [3.8, 4) is 11.4 Å². The lowest BCUT2D eigenvalue weighted by molar-refractivity contribution is -0.132. The summed E-state index contributed by atoms with van der Waals surface area (Å²) in [5.41, 5.74) is 6.48. The van der Waals surface area contributed by atoms with Crippen LogP contribution in [0.3, 0.4) is 0 Å². The molecule has 0 bridgehead atoms. The molecule has 44 heteroatoms. The van der Waals surface area contributed by atoms with Crippen molar-refractivity contribution in [1.82, 2.24) is 103 Å². The number of aliphatic hydroxyl groups is 1. The number of rotatable bonds is 18. The molecule has 8 aromatic heterocycles. The average molecular weight is 1830 g/mol. The number of benzene rings is 1. The molecule has 0 aliphatic carbocycles. The second kappa shape index (κ2) is 38.4. The molecular weight excluding hydrogens is 1720 g/mol. The van der Waals surface area contributed by atoms with Gasteiger partial charge in [0, 0.05) is 203 Å². The normalized spacial score (nSPS) is 21.9. The van der Waals surface area contributed by atoms with Crippen molar-refractivity contribution < 1.29 is 50.6 Å². The number of carbonyl (C=O) groups excluding carboxylic acids is 4. The Balaban J connectivity index is 0.000000116. The van der Waals surface area contributed by atoms with E-state index in [1.54, 1.807) is 36.3 Å². The van der Waals surface area contributed by atoms with Gasteiger partial charge < -0.3 is 88.4 Å². The van der Waals surface area contributed by atoms with Crippen molar-refractivity contribution >= 4 is 114 Å². The number of carbonyl (C=O) groups is 4. The number of anilines is 8. The standard InChI is InChI=1S/C24H28N8O2S.C23H31N7O3S.C21H27N7O4S.C16H23N7O2S/c1-15-3-5-16(6-4-15)23-29-28-19-14-31(10-11-32(19)23)24-26-18-9-12-35(34)21(18)22(27-24)25-17-7-8-20(33)30(2)13-17;31-22(28-7-2-1-3-8-28)18-14-29-9-10-30(15-19(29)25-18)23-26-17-6-13-34(32)20(17)21(27-23)24-16-4-11-33-12-5-16;1-3-32-20(30)15-11-27-7-8-28(12-16(27)23-15)21-24-14-6-9-33(31)18(14)19(25-21)22-13-4-5-17(29)26(2)10-13;1-10(2)12(8-24)18-15-14-11(3-6-26(14)25)19-16(20-15)22-4-5-23-9-17-21-13(23)7-22/h3-6,17H,7-14H2,1-2H3,(H,25,26,27);14,16H,1-13,15H2,(H,24,26,27);11,13H,3-10,12H2,1-2H3,(H,22,24,25);9-10,12,24H,3-8H2,1-2H3,(H,18,19,20)/t17-,35?;;13-,33?;12-,26?/m0.00/s1. The Kier molecular flexibility index (Phi) is 26.3. The van der Waals surface area contributed by atoms with E-state index in [1.807, 2.05) is 46.0 Å². The van der Waals surface area contributed by atoms with Crippen molar-refractivity contribution in [3.05, 3.63) is 106 Å². The maximum Gasteiger partial charge on any atom is 0.358 e. The number of fused-ring (bicyclic) bond motifs is 8. The number of amides is 3. The first-order chi connectivity index (χ1) is 62.1. The third kappa shape index (κ3) is 18.9. The minimum Gasteiger partial charge on any atom is -0.461 e. The quantitative estimate of drug-likeness (QED) is 0.0755. The second-order valence-corrected chi connectivity index (χ2v) is 40.5. The summed E-state index contributed by atoms with van der Waals surface area (Å²) in [4.78, 5) is 113. The fourth-order valence-electron chi connectivity index (χ4n) is 18.0. The number of imidazole rings is 2. The van der Waals surface area contributed by atoms with Gasteiger partial charge in [0.1, 0.15) is 66.5 Å². The van der Waals surface area contributed by atoms with Gasteiger partial charge in [-0.3, -0.25) is 31.2 Å². The van der Waals surface area contributed by atoms with E-state index in [0.717, 1.165) is 165 Å². The molecule has 0 saturated carbocycles. The van der Waals surface area contributed by atoms with Gasteiger partial charge in [0.25, 0.3) is 5.91 Å². The van der Waals surface area contributed by atoms with Crippen molar-refractivity contribution in [3.63, 3.8) is 0 Å². The Bertz CT molecular complexity index is 5770. The summed E-state index contributed by atoms with van der Waals surface area (Å²) in [5.74, 6) is 11.6. The van der Waals surface area contributed by atoms with Crippen LogP contribution in [0.4, 0.5) is 47.1 Å². The van der Waals surface area contributed by atoms with Crippen LogP contribution in [0.15, 0.2) is 62.6 Å². The maximum absolute atomic E-state index is 12.9. The predicted molar refractivity (Wildman–Crippen MR) is 478 cm³/mol. The van der Waals surface area contributed by atoms with Gasteiger partial charge in [0.2, 0.25) is 35.6 Å². The van der Waals surface area contributed by atoms with Crippen molar-refractivity contribution in [2.45, 2.75) is 207 Å². The van der Waals surface area contributed by atoms with E-state index in [9.17, 15) is 41.1 Å². The molecule has 4 unspecified atom stereocenters. The molecule has 9 aromatic rings. The molecule has 0 spiro atoms. The van der Waals surface area contributed by atoms with E-state index in [0.29, 0.717) is 195 Å². The zero-order valence-corrected chi connectivity index (χ0v) is 76.2. The van der Waals surface area contributed by atoms with Crippen LogP contribution in [0.25, 0.3) is 11.4 Å². The number of aromatic nitrogens is 18. The summed E-state index contributed by atoms with van der Waals surface area (Å²) in [5, 5.41) is 40.5. The number of likely N-dealkylation sites (tertiary alicyclic amines) is 3. The van der Waals surface area contributed by atoms with Crippen LogP contribution in [0.5, 0.6) is 0 Å². The highest BCUT2D eigenvalue weighted by atomic mass is 32.2. The Hall–Kier alpha value is -11.0. The third-order valence-corrected chi connectivity index (χ3v) is 31.1. The summed E-state index contributed by atoms with van der Waals surface area (Å²) in [6, 6.07) is 8.57. The van der Waals surface area contributed by atoms with Gasteiger partial charge in [0.15, 0.2) is 23.2 Å². The zero-order valence-electron chi connectivity index (χ0n) is 72.9. The fraction of sp³-hybridized carbons (Fsp3) is 0.571. The number of likely N-dealkylation sites (N-methyl/N-ethyl adjacent to an activating group) is 2. The number of esters is 1. The molecule has 680 valence electrons. The van der Waals surface area contributed by atoms with E-state index < -0.39 is 49.2 Å². The molecule has 7 atom stereocenters. The van der Waals surface area contributed by atoms with Gasteiger partial charge in [-0.1, -0.05) is 43.7 Å². The first-order valence-corrected chi connectivity index (χ1v) is 49.7. The summed E-state index contributed by atoms with van der Waals surface area (Å²) >= 11 is 0. The van der Waals surface area contributed by atoms with Gasteiger partial charge in [0.05, 0.1) is 111 Å². The topological polar surface area (TPSA) is 446 Å². The minimum atomic E-state index is -1.14. The molecule has 4 saturated heterocycles. The molecule has 12 aliphatic heterocycles. The Morgan fingerprint density at radius 2 is 0.961 bits per heavy atom. The highest BCUT2D eigenvalue weighted by Gasteiger charge is 2.39. The highest BCUT2D eigenvalue weighted by Crippen LogP contribution is 2.38. The predicted octanol–water partition coefficient (Wildman–Crippen LogP) is 4.08. The highest BCUT2D eigenvalue weighted by molar-refractivity contribution is 7.86. The molecule has 20 heterocycles. The van der Waals surface area contributed by atoms with Crippen molar-refractivity contribution in [1.29, 1.82) is 0 Å². The number of ether oxygens (including phenoxy) is 2. The van der Waals surface area contributed by atoms with E-state index >= 15 is 0 Å². The number of nitrogens with zero attached hydrogens (tertiary/aromatic N) is 25. The molecular formula is C84H109N29O11S4. The number of hydrogen-bond donors (Lipinski definition) is 5. The Labute approximate surface area is 750 Å². The van der Waals surface area contributed by atoms with E-state index in [2.05, 4.69) is 112 Å². The van der Waals surface area contributed by atoms with Crippen LogP contribution in [0.2, 0.25) is 0 Å². The van der Waals surface area contributed by atoms with Gasteiger partial charge in [-0.2, -0.15) is 19.9 Å². The number of aryl methyl sites for hydroxylation is 5. The summed E-state index contributed by atoms with van der Waals surface area (Å²) in [6.07, 6.45) is 15.7. The first-order valence-electron chi connectivity index (χ1n) is 44.4. The smallest absolute Gasteiger partial charge is 0.358 e. The van der Waals surface area contributed by atoms with Gasteiger partial charge in [-0.25, -0.2) is 34.7 Å². The van der Waals surface area contributed by atoms with Gasteiger partial charge in [-0.05, 0) is 64.7 Å². The zero-order chi connectivity index (χ0) is 88.5. The minimum absolute atomic E-state index is 0.00870. The van der Waals surface area contributed by atoms with Crippen molar-refractivity contribution in [2.24, 2.45) is 5.92 Å². The molecule has 21 rings (SSSR count). The molecule has 128 heavy (non-hydrogen) atoms. The first kappa shape index (κ1) is 87.7. The van der Waals surface area contributed by atoms with Crippen molar-refractivity contribution in [2.75, 3.05) is 157 Å². The monoisotopic (exact) mass is 1830 g/mol. The summed E-state index contributed by atoms with van der Waals surface area (Å²) in [6.45, 7) is 20.4. The largest absolute Gasteiger partial charge is 0.461 e. The molecule has 40 nitrogen and oxygen atoms in total. The van der Waals surface area contributed by atoms with Gasteiger partial charge >= 0.3 is 5.97 Å². The van der Waals surface area contributed by atoms with E-state index in [1.165, 1.54) is 12.0 Å². The van der Waals surface area contributed by atoms with E-state index in [-0.39, 0.29) is 54.4 Å². The molecule has 5 N–H and O–H groups in total. The Morgan fingerprint density at radius 3 is 1.45 bits per heavy atom.